The highest BCUT2D eigenvalue weighted by Crippen LogP contribution is 2.59. The van der Waals surface area contributed by atoms with Gasteiger partial charge in [0.05, 0.1) is 0 Å². The molecule has 2 N–H and O–H groups in total. The van der Waals surface area contributed by atoms with E-state index in [1.807, 2.05) is 4.90 Å². The predicted molar refractivity (Wildman–Crippen MR) is 77.6 cm³/mol. The molecule has 1 unspecified atom stereocenters. The highest BCUT2D eigenvalue weighted by Gasteiger charge is 2.50. The maximum absolute atomic E-state index is 12.2. The Morgan fingerprint density at radius 1 is 1.10 bits per heavy atom. The van der Waals surface area contributed by atoms with Crippen molar-refractivity contribution in [3.8, 4) is 11.8 Å². The molecular weight excluding hydrogens is 248 g/mol. The van der Waals surface area contributed by atoms with E-state index < -0.39 is 0 Å². The second-order valence-electron chi connectivity index (χ2n) is 7.75. The zero-order valence-corrected chi connectivity index (χ0v) is 12.1. The smallest absolute Gasteiger partial charge is 0.298 e. The van der Waals surface area contributed by atoms with E-state index in [1.165, 1.54) is 38.5 Å². The van der Waals surface area contributed by atoms with Gasteiger partial charge in [-0.1, -0.05) is 5.92 Å². The van der Waals surface area contributed by atoms with Crippen LogP contribution in [0.25, 0.3) is 0 Å². The lowest BCUT2D eigenvalue weighted by molar-refractivity contribution is -0.124. The number of amides is 1. The normalized spacial score (nSPS) is 45.4. The van der Waals surface area contributed by atoms with Crippen LogP contribution in [0, 0.1) is 35.0 Å². The Morgan fingerprint density at radius 2 is 1.70 bits per heavy atom. The Morgan fingerprint density at radius 3 is 2.20 bits per heavy atom. The minimum Gasteiger partial charge on any atom is -0.330 e. The predicted octanol–water partition coefficient (Wildman–Crippen LogP) is 1.77. The van der Waals surface area contributed by atoms with Crippen molar-refractivity contribution in [2.75, 3.05) is 13.1 Å². The van der Waals surface area contributed by atoms with E-state index >= 15 is 0 Å². The van der Waals surface area contributed by atoms with E-state index in [9.17, 15) is 4.79 Å². The first kappa shape index (κ1) is 12.7. The van der Waals surface area contributed by atoms with Gasteiger partial charge < -0.3 is 10.6 Å². The molecule has 0 aromatic carbocycles. The molecule has 0 aromatic rings. The van der Waals surface area contributed by atoms with E-state index in [-0.39, 0.29) is 17.4 Å². The third-order valence-corrected chi connectivity index (χ3v) is 5.98. The molecule has 20 heavy (non-hydrogen) atoms. The van der Waals surface area contributed by atoms with Crippen LogP contribution in [0.2, 0.25) is 0 Å². The van der Waals surface area contributed by atoms with Crippen molar-refractivity contribution < 1.29 is 4.79 Å². The Balaban J connectivity index is 1.49. The molecule has 4 bridgehead atoms. The summed E-state index contributed by atoms with van der Waals surface area (Å²) >= 11 is 0. The topological polar surface area (TPSA) is 46.3 Å². The van der Waals surface area contributed by atoms with Gasteiger partial charge in [0.15, 0.2) is 0 Å². The molecule has 3 heteroatoms. The van der Waals surface area contributed by atoms with E-state index in [0.29, 0.717) is 6.54 Å². The maximum Gasteiger partial charge on any atom is 0.298 e. The fraction of sp³-hybridized carbons (Fsp3) is 0.824. The number of likely N-dealkylation sites (tertiary alicyclic amines) is 1. The molecule has 1 amide bonds. The SMILES string of the molecule is NC1CCN(C(=O)C#CC23CC4CC(CC(C4)C2)C3)C1. The molecule has 5 aliphatic rings. The minimum absolute atomic E-state index is 0.00805. The molecule has 1 saturated heterocycles. The summed E-state index contributed by atoms with van der Waals surface area (Å²) in [4.78, 5) is 14.0. The number of rotatable bonds is 0. The Labute approximate surface area is 121 Å². The maximum atomic E-state index is 12.2. The van der Waals surface area contributed by atoms with Crippen LogP contribution in [0.3, 0.4) is 0 Å². The summed E-state index contributed by atoms with van der Waals surface area (Å²) in [5, 5.41) is 0. The largest absolute Gasteiger partial charge is 0.330 e. The number of hydrogen-bond donors (Lipinski definition) is 1. The van der Waals surface area contributed by atoms with Crippen LogP contribution in [-0.4, -0.2) is 29.9 Å². The highest BCUT2D eigenvalue weighted by atomic mass is 16.2. The van der Waals surface area contributed by atoms with Crippen molar-refractivity contribution in [1.29, 1.82) is 0 Å². The Hall–Kier alpha value is -1.01. The highest BCUT2D eigenvalue weighted by molar-refractivity contribution is 5.93. The van der Waals surface area contributed by atoms with Crippen LogP contribution in [0.15, 0.2) is 0 Å². The molecule has 108 valence electrons. The van der Waals surface area contributed by atoms with Crippen molar-refractivity contribution in [2.24, 2.45) is 28.9 Å². The lowest BCUT2D eigenvalue weighted by Gasteiger charge is -2.54. The summed E-state index contributed by atoms with van der Waals surface area (Å²) in [6.07, 6.45) is 8.95. The standard InChI is InChI=1S/C17H24N2O/c18-15-2-4-19(11-15)16(20)1-3-17-8-12-5-13(9-17)7-14(6-12)10-17/h12-15H,2,4-11,18H2. The Kier molecular flexibility index (Phi) is 2.86. The molecule has 0 spiro atoms. The van der Waals surface area contributed by atoms with Gasteiger partial charge in [0.1, 0.15) is 0 Å². The third kappa shape index (κ3) is 2.15. The quantitative estimate of drug-likeness (QED) is 0.683. The molecule has 1 aliphatic heterocycles. The number of hydrogen-bond acceptors (Lipinski definition) is 2. The molecule has 4 saturated carbocycles. The van der Waals surface area contributed by atoms with Gasteiger partial charge in [-0.05, 0) is 68.6 Å². The van der Waals surface area contributed by atoms with Gasteiger partial charge in [0.2, 0.25) is 0 Å². The average Bonchev–Trinajstić information content (AvgIpc) is 2.81. The van der Waals surface area contributed by atoms with Gasteiger partial charge in [-0.3, -0.25) is 4.79 Å². The van der Waals surface area contributed by atoms with Gasteiger partial charge in [-0.2, -0.15) is 0 Å². The first-order valence-corrected chi connectivity index (χ1v) is 8.19. The second-order valence-corrected chi connectivity index (χ2v) is 7.75. The number of carbonyl (C=O) groups excluding carboxylic acids is 1. The minimum atomic E-state index is 0.00805. The van der Waals surface area contributed by atoms with Gasteiger partial charge in [0.25, 0.3) is 5.91 Å². The molecule has 3 nitrogen and oxygen atoms in total. The average molecular weight is 272 g/mol. The van der Waals surface area contributed by atoms with Crippen LogP contribution in [0.5, 0.6) is 0 Å². The molecular formula is C17H24N2O. The van der Waals surface area contributed by atoms with Crippen molar-refractivity contribution >= 4 is 5.91 Å². The molecule has 1 heterocycles. The van der Waals surface area contributed by atoms with Gasteiger partial charge in [-0.25, -0.2) is 0 Å². The zero-order chi connectivity index (χ0) is 13.7. The van der Waals surface area contributed by atoms with E-state index in [2.05, 4.69) is 11.8 Å². The van der Waals surface area contributed by atoms with Gasteiger partial charge in [0, 0.05) is 24.5 Å². The van der Waals surface area contributed by atoms with Crippen LogP contribution < -0.4 is 5.73 Å². The van der Waals surface area contributed by atoms with Gasteiger partial charge >= 0.3 is 0 Å². The first-order valence-electron chi connectivity index (χ1n) is 8.19. The first-order chi connectivity index (χ1) is 9.62. The summed E-state index contributed by atoms with van der Waals surface area (Å²) in [6.45, 7) is 1.48. The number of nitrogens with zero attached hydrogens (tertiary/aromatic N) is 1. The second kappa shape index (κ2) is 4.49. The van der Waals surface area contributed by atoms with E-state index in [0.717, 1.165) is 30.7 Å². The van der Waals surface area contributed by atoms with Crippen molar-refractivity contribution in [1.82, 2.24) is 4.90 Å². The van der Waals surface area contributed by atoms with Gasteiger partial charge in [-0.15, -0.1) is 0 Å². The third-order valence-electron chi connectivity index (χ3n) is 5.98. The van der Waals surface area contributed by atoms with Crippen LogP contribution in [0.1, 0.15) is 44.9 Å². The monoisotopic (exact) mass is 272 g/mol. The number of carbonyl (C=O) groups is 1. The fourth-order valence-electron chi connectivity index (χ4n) is 5.50. The van der Waals surface area contributed by atoms with Crippen molar-refractivity contribution in [3.63, 3.8) is 0 Å². The summed E-state index contributed by atoms with van der Waals surface area (Å²) in [7, 11) is 0. The van der Waals surface area contributed by atoms with E-state index in [1.54, 1.807) is 0 Å². The van der Waals surface area contributed by atoms with Crippen LogP contribution in [-0.2, 0) is 4.79 Å². The lowest BCUT2D eigenvalue weighted by atomic mass is 9.50. The zero-order valence-electron chi connectivity index (χ0n) is 12.1. The van der Waals surface area contributed by atoms with E-state index in [4.69, 9.17) is 5.73 Å². The molecule has 5 fully saturated rings. The van der Waals surface area contributed by atoms with Crippen LogP contribution in [0.4, 0.5) is 0 Å². The fourth-order valence-corrected chi connectivity index (χ4v) is 5.50. The number of nitrogens with two attached hydrogens (primary N) is 1. The Bertz CT molecular complexity index is 452. The van der Waals surface area contributed by atoms with Crippen molar-refractivity contribution in [3.05, 3.63) is 0 Å². The molecule has 0 radical (unpaired) electrons. The van der Waals surface area contributed by atoms with Crippen molar-refractivity contribution in [2.45, 2.75) is 51.0 Å². The summed E-state index contributed by atoms with van der Waals surface area (Å²) in [5.74, 6) is 9.11. The summed E-state index contributed by atoms with van der Waals surface area (Å²) in [6, 6.07) is 0.153. The lowest BCUT2D eigenvalue weighted by Crippen LogP contribution is -2.45. The molecule has 4 aliphatic carbocycles. The summed E-state index contributed by atoms with van der Waals surface area (Å²) < 4.78 is 0. The molecule has 5 rings (SSSR count). The molecule has 0 aromatic heterocycles. The molecule has 1 atom stereocenters. The summed E-state index contributed by atoms with van der Waals surface area (Å²) in [5.41, 5.74) is 6.05. The van der Waals surface area contributed by atoms with Crippen LogP contribution >= 0.6 is 0 Å².